The molecule has 0 fully saturated rings. The van der Waals surface area contributed by atoms with Crippen molar-refractivity contribution < 1.29 is 0 Å². The molecule has 2 heterocycles. The second-order valence-electron chi connectivity index (χ2n) is 5.76. The number of benzene rings is 1. The van der Waals surface area contributed by atoms with Crippen molar-refractivity contribution in [2.45, 2.75) is 26.3 Å². The Kier molecular flexibility index (Phi) is 5.46. The number of nitrogens with one attached hydrogen (secondary N) is 2. The van der Waals surface area contributed by atoms with Gasteiger partial charge in [0.15, 0.2) is 0 Å². The third-order valence-corrected chi connectivity index (χ3v) is 4.14. The predicted octanol–water partition coefficient (Wildman–Crippen LogP) is 5.15. The lowest BCUT2D eigenvalue weighted by Crippen LogP contribution is -2.16. The minimum Gasteiger partial charge on any atom is -0.352 e. The molecule has 0 aliphatic rings. The normalized spacial score (nSPS) is 11.8. The number of pyridine rings is 1. The van der Waals surface area contributed by atoms with Gasteiger partial charge in [0.05, 0.1) is 16.4 Å². The number of halogens is 1. The number of para-hydroxylation sites is 1. The number of rotatable bonds is 6. The maximum Gasteiger partial charge on any atom is 0.225 e. The quantitative estimate of drug-likeness (QED) is 0.642. The first kappa shape index (κ1) is 17.2. The zero-order chi connectivity index (χ0) is 17.6. The van der Waals surface area contributed by atoms with Gasteiger partial charge in [-0.1, -0.05) is 30.7 Å². The van der Waals surface area contributed by atoms with Crippen LogP contribution in [0, 0.1) is 0 Å². The zero-order valence-electron chi connectivity index (χ0n) is 14.2. The van der Waals surface area contributed by atoms with Gasteiger partial charge < -0.3 is 10.6 Å². The van der Waals surface area contributed by atoms with E-state index in [4.69, 9.17) is 11.6 Å². The van der Waals surface area contributed by atoms with E-state index in [9.17, 15) is 0 Å². The molecular weight excluding hydrogens is 334 g/mol. The van der Waals surface area contributed by atoms with Gasteiger partial charge in [0.25, 0.3) is 0 Å². The minimum absolute atomic E-state index is 0.275. The largest absolute Gasteiger partial charge is 0.352 e. The molecule has 0 radical (unpaired) electrons. The Morgan fingerprint density at radius 3 is 2.68 bits per heavy atom. The van der Waals surface area contributed by atoms with Crippen LogP contribution in [-0.4, -0.2) is 21.0 Å². The highest BCUT2D eigenvalue weighted by Gasteiger charge is 2.10. The number of hydrogen-bond donors (Lipinski definition) is 2. The maximum absolute atomic E-state index is 6.25. The summed E-state index contributed by atoms with van der Waals surface area (Å²) in [6.45, 7) is 4.22. The van der Waals surface area contributed by atoms with Crippen molar-refractivity contribution in [3.8, 4) is 11.3 Å². The van der Waals surface area contributed by atoms with E-state index in [-0.39, 0.29) is 6.04 Å². The summed E-state index contributed by atoms with van der Waals surface area (Å²) in [6.07, 6.45) is 4.51. The molecule has 2 aromatic heterocycles. The lowest BCUT2D eigenvalue weighted by molar-refractivity contribution is 0.753. The lowest BCUT2D eigenvalue weighted by Gasteiger charge is -2.15. The Bertz CT molecular complexity index is 838. The summed E-state index contributed by atoms with van der Waals surface area (Å²) in [6, 6.07) is 13.6. The van der Waals surface area contributed by atoms with Crippen LogP contribution >= 0.6 is 11.6 Å². The van der Waals surface area contributed by atoms with Gasteiger partial charge in [0.2, 0.25) is 5.95 Å². The van der Waals surface area contributed by atoms with Crippen LogP contribution in [-0.2, 0) is 0 Å². The van der Waals surface area contributed by atoms with E-state index in [1.165, 1.54) is 0 Å². The second kappa shape index (κ2) is 7.94. The van der Waals surface area contributed by atoms with Crippen molar-refractivity contribution >= 4 is 29.1 Å². The third-order valence-electron chi connectivity index (χ3n) is 3.81. The summed E-state index contributed by atoms with van der Waals surface area (Å²) in [5.41, 5.74) is 2.53. The van der Waals surface area contributed by atoms with E-state index in [1.807, 2.05) is 42.5 Å². The molecule has 0 saturated carbocycles. The minimum atomic E-state index is 0.275. The molecule has 25 heavy (non-hydrogen) atoms. The highest BCUT2D eigenvalue weighted by Crippen LogP contribution is 2.27. The highest BCUT2D eigenvalue weighted by molar-refractivity contribution is 6.33. The number of anilines is 3. The highest BCUT2D eigenvalue weighted by atomic mass is 35.5. The van der Waals surface area contributed by atoms with Crippen molar-refractivity contribution in [1.29, 1.82) is 0 Å². The van der Waals surface area contributed by atoms with E-state index in [2.05, 4.69) is 39.4 Å². The molecule has 2 N–H and O–H groups in total. The maximum atomic E-state index is 6.25. The van der Waals surface area contributed by atoms with Gasteiger partial charge >= 0.3 is 0 Å². The van der Waals surface area contributed by atoms with Gasteiger partial charge in [-0.05, 0) is 37.6 Å². The number of nitrogens with zero attached hydrogens (tertiary/aromatic N) is 3. The van der Waals surface area contributed by atoms with Crippen LogP contribution in [0.1, 0.15) is 20.3 Å². The van der Waals surface area contributed by atoms with Crippen molar-refractivity contribution in [2.75, 3.05) is 10.6 Å². The smallest absolute Gasteiger partial charge is 0.225 e. The van der Waals surface area contributed by atoms with Gasteiger partial charge in [-0.2, -0.15) is 4.98 Å². The molecular formula is C19H20ClN5. The fourth-order valence-corrected chi connectivity index (χ4v) is 2.44. The molecule has 0 bridgehead atoms. The standard InChI is InChI=1S/C19H20ClN5/c1-3-13(2)22-19-24-17(14-7-6-10-21-12-14)11-18(25-19)23-16-9-5-4-8-15(16)20/h4-13H,3H2,1-2H3,(H2,22,23,24,25)/t13-/m1/s1. The van der Waals surface area contributed by atoms with E-state index >= 15 is 0 Å². The average molecular weight is 354 g/mol. The van der Waals surface area contributed by atoms with Gasteiger partial charge in [-0.3, -0.25) is 4.98 Å². The SMILES string of the molecule is CC[C@@H](C)Nc1nc(Nc2ccccc2Cl)cc(-c2cccnc2)n1. The van der Waals surface area contributed by atoms with Crippen LogP contribution in [0.3, 0.4) is 0 Å². The molecule has 128 valence electrons. The van der Waals surface area contributed by atoms with E-state index in [1.54, 1.807) is 12.4 Å². The van der Waals surface area contributed by atoms with Crippen LogP contribution < -0.4 is 10.6 Å². The third kappa shape index (κ3) is 4.45. The molecule has 0 spiro atoms. The van der Waals surface area contributed by atoms with Crippen molar-refractivity contribution in [2.24, 2.45) is 0 Å². The summed E-state index contributed by atoms with van der Waals surface area (Å²) >= 11 is 6.25. The topological polar surface area (TPSA) is 62.7 Å². The van der Waals surface area contributed by atoms with Gasteiger partial charge in [0, 0.05) is 30.1 Å². The van der Waals surface area contributed by atoms with Crippen molar-refractivity contribution in [3.63, 3.8) is 0 Å². The van der Waals surface area contributed by atoms with E-state index < -0.39 is 0 Å². The summed E-state index contributed by atoms with van der Waals surface area (Å²) in [7, 11) is 0. The average Bonchev–Trinajstić information content (AvgIpc) is 2.64. The first-order chi connectivity index (χ1) is 12.2. The monoisotopic (exact) mass is 353 g/mol. The van der Waals surface area contributed by atoms with Gasteiger partial charge in [0.1, 0.15) is 5.82 Å². The molecule has 1 aromatic carbocycles. The molecule has 1 atom stereocenters. The van der Waals surface area contributed by atoms with E-state index in [0.29, 0.717) is 16.8 Å². The van der Waals surface area contributed by atoms with Crippen molar-refractivity contribution in [1.82, 2.24) is 15.0 Å². The summed E-state index contributed by atoms with van der Waals surface area (Å²) in [5, 5.41) is 7.24. The van der Waals surface area contributed by atoms with Crippen LogP contribution in [0.5, 0.6) is 0 Å². The Labute approximate surface area is 152 Å². The fourth-order valence-electron chi connectivity index (χ4n) is 2.26. The molecule has 0 amide bonds. The lowest BCUT2D eigenvalue weighted by atomic mass is 10.2. The summed E-state index contributed by atoms with van der Waals surface area (Å²) in [5.74, 6) is 1.25. The molecule has 0 unspecified atom stereocenters. The van der Waals surface area contributed by atoms with Crippen LogP contribution in [0.4, 0.5) is 17.5 Å². The Morgan fingerprint density at radius 2 is 1.96 bits per heavy atom. The molecule has 5 nitrogen and oxygen atoms in total. The Hall–Kier alpha value is -2.66. The Morgan fingerprint density at radius 1 is 1.12 bits per heavy atom. The Balaban J connectivity index is 1.99. The molecule has 0 aliphatic carbocycles. The van der Waals surface area contributed by atoms with Crippen LogP contribution in [0.2, 0.25) is 5.02 Å². The summed E-state index contributed by atoms with van der Waals surface area (Å²) < 4.78 is 0. The zero-order valence-corrected chi connectivity index (χ0v) is 15.0. The second-order valence-corrected chi connectivity index (χ2v) is 6.17. The fraction of sp³-hybridized carbons (Fsp3) is 0.211. The molecule has 3 aromatic rings. The van der Waals surface area contributed by atoms with Crippen LogP contribution in [0.25, 0.3) is 11.3 Å². The van der Waals surface area contributed by atoms with Crippen LogP contribution in [0.15, 0.2) is 54.9 Å². The predicted molar refractivity (Wildman–Crippen MR) is 103 cm³/mol. The first-order valence-corrected chi connectivity index (χ1v) is 8.61. The van der Waals surface area contributed by atoms with E-state index in [0.717, 1.165) is 23.4 Å². The van der Waals surface area contributed by atoms with Crippen molar-refractivity contribution in [3.05, 3.63) is 59.9 Å². The molecule has 0 saturated heterocycles. The molecule has 0 aliphatic heterocycles. The summed E-state index contributed by atoms with van der Waals surface area (Å²) in [4.78, 5) is 13.4. The molecule has 6 heteroatoms. The number of aromatic nitrogens is 3. The van der Waals surface area contributed by atoms with Gasteiger partial charge in [-0.25, -0.2) is 4.98 Å². The molecule has 3 rings (SSSR count). The number of hydrogen-bond acceptors (Lipinski definition) is 5. The van der Waals surface area contributed by atoms with Gasteiger partial charge in [-0.15, -0.1) is 0 Å². The first-order valence-electron chi connectivity index (χ1n) is 8.23.